The molecule has 1 aliphatic rings. The summed E-state index contributed by atoms with van der Waals surface area (Å²) in [6.07, 6.45) is 0.521. The Kier molecular flexibility index (Phi) is 2.90. The molecular weight excluding hydrogens is 228 g/mol. The summed E-state index contributed by atoms with van der Waals surface area (Å²) in [6, 6.07) is 1.79. The third-order valence-electron chi connectivity index (χ3n) is 3.90. The van der Waals surface area contributed by atoms with Gasteiger partial charge in [0.1, 0.15) is 0 Å². The van der Waals surface area contributed by atoms with E-state index in [4.69, 9.17) is 5.11 Å². The topological polar surface area (TPSA) is 54.4 Å². The van der Waals surface area contributed by atoms with E-state index in [0.717, 1.165) is 16.7 Å². The van der Waals surface area contributed by atoms with Crippen molar-refractivity contribution in [2.75, 3.05) is 6.61 Å². The van der Waals surface area contributed by atoms with Crippen molar-refractivity contribution in [3.8, 4) is 0 Å². The predicted molar refractivity (Wildman–Crippen MR) is 69.1 cm³/mol. The van der Waals surface area contributed by atoms with E-state index in [-0.39, 0.29) is 18.2 Å². The highest BCUT2D eigenvalue weighted by Gasteiger charge is 2.46. The first-order valence-corrected chi connectivity index (χ1v) is 6.16. The molecule has 0 amide bonds. The van der Waals surface area contributed by atoms with E-state index in [0.29, 0.717) is 17.5 Å². The lowest BCUT2D eigenvalue weighted by Crippen LogP contribution is -2.25. The van der Waals surface area contributed by atoms with Gasteiger partial charge in [-0.2, -0.15) is 0 Å². The number of rotatable bonds is 2. The van der Waals surface area contributed by atoms with Gasteiger partial charge in [0.15, 0.2) is 11.6 Å². The van der Waals surface area contributed by atoms with Crippen LogP contribution in [0.4, 0.5) is 0 Å². The zero-order chi connectivity index (χ0) is 13.7. The average Bonchev–Trinajstić information content (AvgIpc) is 2.46. The first-order chi connectivity index (χ1) is 8.32. The molecule has 0 aliphatic heterocycles. The summed E-state index contributed by atoms with van der Waals surface area (Å²) in [5, 5.41) is 9.09. The molecule has 18 heavy (non-hydrogen) atoms. The quantitative estimate of drug-likeness (QED) is 0.814. The number of Topliss-reactive ketones (excluding diaryl/α,β-unsaturated/α-hetero) is 2. The van der Waals surface area contributed by atoms with E-state index in [1.165, 1.54) is 0 Å². The highest BCUT2D eigenvalue weighted by atomic mass is 16.3. The average molecular weight is 246 g/mol. The minimum absolute atomic E-state index is 0.0476. The van der Waals surface area contributed by atoms with Crippen molar-refractivity contribution in [2.24, 2.45) is 5.41 Å². The molecule has 0 fully saturated rings. The van der Waals surface area contributed by atoms with E-state index >= 15 is 0 Å². The molecule has 1 aliphatic carbocycles. The van der Waals surface area contributed by atoms with Crippen LogP contribution in [0.1, 0.15) is 51.3 Å². The van der Waals surface area contributed by atoms with E-state index < -0.39 is 5.41 Å². The third-order valence-corrected chi connectivity index (χ3v) is 3.90. The van der Waals surface area contributed by atoms with Crippen LogP contribution in [-0.2, 0) is 6.42 Å². The number of ketones is 2. The molecule has 0 saturated carbocycles. The fourth-order valence-corrected chi connectivity index (χ4v) is 2.74. The first kappa shape index (κ1) is 13.0. The summed E-state index contributed by atoms with van der Waals surface area (Å²) in [6.45, 7) is 7.19. The van der Waals surface area contributed by atoms with Gasteiger partial charge in [-0.15, -0.1) is 0 Å². The maximum Gasteiger partial charge on any atom is 0.177 e. The van der Waals surface area contributed by atoms with Crippen LogP contribution in [0.25, 0.3) is 0 Å². The second-order valence-corrected chi connectivity index (χ2v) is 5.48. The molecule has 1 aromatic rings. The van der Waals surface area contributed by atoms with E-state index in [1.807, 2.05) is 13.8 Å². The molecule has 3 heteroatoms. The monoisotopic (exact) mass is 246 g/mol. The molecule has 0 unspecified atom stereocenters. The van der Waals surface area contributed by atoms with Gasteiger partial charge in [-0.1, -0.05) is 0 Å². The van der Waals surface area contributed by atoms with Crippen LogP contribution in [0.5, 0.6) is 0 Å². The number of hydrogen-bond acceptors (Lipinski definition) is 3. The number of aliphatic hydroxyl groups is 1. The minimum Gasteiger partial charge on any atom is -0.396 e. The van der Waals surface area contributed by atoms with E-state index in [1.54, 1.807) is 19.9 Å². The number of aryl methyl sites for hydroxylation is 1. The molecule has 0 spiro atoms. The molecule has 0 radical (unpaired) electrons. The van der Waals surface area contributed by atoms with Crippen molar-refractivity contribution in [3.05, 3.63) is 33.9 Å². The molecule has 1 N–H and O–H groups in total. The number of carbonyl (C=O) groups excluding carboxylic acids is 2. The van der Waals surface area contributed by atoms with Gasteiger partial charge in [0.25, 0.3) is 0 Å². The molecule has 2 rings (SSSR count). The molecule has 3 nitrogen and oxygen atoms in total. The summed E-state index contributed by atoms with van der Waals surface area (Å²) in [5.74, 6) is -0.191. The van der Waals surface area contributed by atoms with Crippen LogP contribution in [0.3, 0.4) is 0 Å². The van der Waals surface area contributed by atoms with Crippen molar-refractivity contribution < 1.29 is 14.7 Å². The second-order valence-electron chi connectivity index (χ2n) is 5.48. The normalized spacial score (nSPS) is 17.2. The number of fused-ring (bicyclic) bond motifs is 1. The Labute approximate surface area is 107 Å². The smallest absolute Gasteiger partial charge is 0.177 e. The number of hydrogen-bond donors (Lipinski definition) is 1. The van der Waals surface area contributed by atoms with Crippen molar-refractivity contribution >= 4 is 11.6 Å². The fraction of sp³-hybridized carbons (Fsp3) is 0.467. The highest BCUT2D eigenvalue weighted by Crippen LogP contribution is 2.39. The maximum absolute atomic E-state index is 12.3. The lowest BCUT2D eigenvalue weighted by atomic mass is 9.87. The fourth-order valence-electron chi connectivity index (χ4n) is 2.74. The summed E-state index contributed by atoms with van der Waals surface area (Å²) < 4.78 is 0. The van der Waals surface area contributed by atoms with Crippen molar-refractivity contribution in [3.63, 3.8) is 0 Å². The summed E-state index contributed by atoms with van der Waals surface area (Å²) in [5.41, 5.74) is 2.95. The number of aliphatic hydroxyl groups excluding tert-OH is 1. The van der Waals surface area contributed by atoms with E-state index in [2.05, 4.69) is 0 Å². The Balaban J connectivity index is 2.73. The summed E-state index contributed by atoms with van der Waals surface area (Å²) in [4.78, 5) is 24.6. The van der Waals surface area contributed by atoms with Gasteiger partial charge in [-0.05, 0) is 56.9 Å². The SMILES string of the molecule is Cc1cc2c(c(C)c1CCO)C(=O)C(C)(C)C2=O. The second kappa shape index (κ2) is 4.02. The minimum atomic E-state index is -0.947. The largest absolute Gasteiger partial charge is 0.396 e. The Morgan fingerprint density at radius 1 is 1.17 bits per heavy atom. The van der Waals surface area contributed by atoms with Crippen LogP contribution >= 0.6 is 0 Å². The molecule has 0 bridgehead atoms. The summed E-state index contributed by atoms with van der Waals surface area (Å²) in [7, 11) is 0. The van der Waals surface area contributed by atoms with Gasteiger partial charge in [0.2, 0.25) is 0 Å². The Hall–Kier alpha value is -1.48. The van der Waals surface area contributed by atoms with Gasteiger partial charge in [0, 0.05) is 17.7 Å². The van der Waals surface area contributed by atoms with Gasteiger partial charge < -0.3 is 5.11 Å². The lowest BCUT2D eigenvalue weighted by molar-refractivity contribution is 0.0746. The van der Waals surface area contributed by atoms with Crippen molar-refractivity contribution in [2.45, 2.75) is 34.1 Å². The molecule has 1 aromatic carbocycles. The van der Waals surface area contributed by atoms with Crippen LogP contribution in [0, 0.1) is 19.3 Å². The zero-order valence-corrected chi connectivity index (χ0v) is 11.3. The molecule has 96 valence electrons. The molecule has 0 aromatic heterocycles. The number of benzene rings is 1. The van der Waals surface area contributed by atoms with Gasteiger partial charge in [-0.25, -0.2) is 0 Å². The van der Waals surface area contributed by atoms with Crippen LogP contribution in [0.15, 0.2) is 6.07 Å². The third kappa shape index (κ3) is 1.54. The van der Waals surface area contributed by atoms with Crippen LogP contribution < -0.4 is 0 Å². The van der Waals surface area contributed by atoms with Crippen LogP contribution in [0.2, 0.25) is 0 Å². The maximum atomic E-state index is 12.3. The van der Waals surface area contributed by atoms with Crippen LogP contribution in [-0.4, -0.2) is 23.3 Å². The van der Waals surface area contributed by atoms with Crippen molar-refractivity contribution in [1.82, 2.24) is 0 Å². The van der Waals surface area contributed by atoms with Gasteiger partial charge >= 0.3 is 0 Å². The first-order valence-electron chi connectivity index (χ1n) is 6.16. The van der Waals surface area contributed by atoms with Crippen molar-refractivity contribution in [1.29, 1.82) is 0 Å². The molecule has 0 saturated heterocycles. The predicted octanol–water partition coefficient (Wildman–Crippen LogP) is 2.24. The zero-order valence-electron chi connectivity index (χ0n) is 11.3. The molecular formula is C15H18O3. The van der Waals surface area contributed by atoms with Gasteiger partial charge in [-0.3, -0.25) is 9.59 Å². The Morgan fingerprint density at radius 3 is 2.33 bits per heavy atom. The van der Waals surface area contributed by atoms with Gasteiger partial charge in [0.05, 0.1) is 5.41 Å². The van der Waals surface area contributed by atoms with E-state index in [9.17, 15) is 9.59 Å². The lowest BCUT2D eigenvalue weighted by Gasteiger charge is -2.13. The molecule has 0 atom stereocenters. The Bertz CT molecular complexity index is 553. The Morgan fingerprint density at radius 2 is 1.78 bits per heavy atom. The number of carbonyl (C=O) groups is 2. The molecule has 0 heterocycles. The highest BCUT2D eigenvalue weighted by molar-refractivity contribution is 6.29. The summed E-state index contributed by atoms with van der Waals surface area (Å²) >= 11 is 0. The standard InChI is InChI=1S/C15H18O3/c1-8-7-11-12(9(2)10(8)5-6-16)14(18)15(3,4)13(11)17/h7,16H,5-6H2,1-4H3.